The smallest absolute Gasteiger partial charge is 0.0575 e. The maximum Gasteiger partial charge on any atom is 0.0575 e. The number of aryl methyl sites for hydroxylation is 1. The van der Waals surface area contributed by atoms with Crippen molar-refractivity contribution in [3.05, 3.63) is 35.4 Å². The molecule has 1 aromatic rings. The van der Waals surface area contributed by atoms with Crippen LogP contribution in [-0.2, 0) is 11.2 Å². The van der Waals surface area contributed by atoms with Gasteiger partial charge in [0.25, 0.3) is 0 Å². The molecule has 1 heterocycles. The van der Waals surface area contributed by atoms with E-state index in [4.69, 9.17) is 4.74 Å². The molecular formula is C17H27NO. The van der Waals surface area contributed by atoms with Gasteiger partial charge in [0.05, 0.1) is 6.10 Å². The first-order chi connectivity index (χ1) is 9.28. The van der Waals surface area contributed by atoms with Crippen molar-refractivity contribution in [2.45, 2.75) is 57.6 Å². The van der Waals surface area contributed by atoms with Crippen molar-refractivity contribution in [3.8, 4) is 0 Å². The van der Waals surface area contributed by atoms with E-state index in [0.29, 0.717) is 12.1 Å². The summed E-state index contributed by atoms with van der Waals surface area (Å²) in [6.45, 7) is 3.13. The fourth-order valence-corrected chi connectivity index (χ4v) is 2.89. The van der Waals surface area contributed by atoms with Crippen molar-refractivity contribution >= 4 is 0 Å². The zero-order chi connectivity index (χ0) is 13.5. The molecular weight excluding hydrogens is 234 g/mol. The summed E-state index contributed by atoms with van der Waals surface area (Å²) >= 11 is 0. The lowest BCUT2D eigenvalue weighted by molar-refractivity contribution is 0.00870. The van der Waals surface area contributed by atoms with E-state index >= 15 is 0 Å². The van der Waals surface area contributed by atoms with Gasteiger partial charge in [-0.25, -0.2) is 0 Å². The highest BCUT2D eigenvalue weighted by Crippen LogP contribution is 2.19. The molecule has 0 amide bonds. The number of nitrogens with one attached hydrogen (secondary N) is 1. The van der Waals surface area contributed by atoms with E-state index in [0.717, 1.165) is 13.0 Å². The standard InChI is InChI=1S/C17H27NO/c1-14-6-5-7-15(12-14)13-16(18-2)9-10-17-8-3-4-11-19-17/h5-7,12,16-18H,3-4,8-11,13H2,1-2H3. The van der Waals surface area contributed by atoms with Gasteiger partial charge in [0, 0.05) is 12.6 Å². The summed E-state index contributed by atoms with van der Waals surface area (Å²) < 4.78 is 5.81. The molecule has 2 nitrogen and oxygen atoms in total. The Labute approximate surface area is 117 Å². The van der Waals surface area contributed by atoms with Gasteiger partial charge in [0.15, 0.2) is 0 Å². The third-order valence-corrected chi connectivity index (χ3v) is 4.08. The van der Waals surface area contributed by atoms with Crippen LogP contribution in [0.5, 0.6) is 0 Å². The first kappa shape index (κ1) is 14.5. The summed E-state index contributed by atoms with van der Waals surface area (Å²) in [5, 5.41) is 3.45. The largest absolute Gasteiger partial charge is 0.378 e. The maximum absolute atomic E-state index is 5.81. The minimum Gasteiger partial charge on any atom is -0.378 e. The molecule has 0 spiro atoms. The second-order valence-corrected chi connectivity index (χ2v) is 5.74. The molecule has 106 valence electrons. The molecule has 1 aliphatic rings. The monoisotopic (exact) mass is 261 g/mol. The van der Waals surface area contributed by atoms with Gasteiger partial charge in [-0.2, -0.15) is 0 Å². The minimum atomic E-state index is 0.502. The van der Waals surface area contributed by atoms with Crippen molar-refractivity contribution in [1.29, 1.82) is 0 Å². The van der Waals surface area contributed by atoms with Gasteiger partial charge in [-0.15, -0.1) is 0 Å². The van der Waals surface area contributed by atoms with Gasteiger partial charge in [0.1, 0.15) is 0 Å². The third kappa shape index (κ3) is 4.96. The SMILES string of the molecule is CNC(CCC1CCCCO1)Cc1cccc(C)c1. The molecule has 1 aliphatic heterocycles. The quantitative estimate of drug-likeness (QED) is 0.846. The summed E-state index contributed by atoms with van der Waals surface area (Å²) in [5.74, 6) is 0. The lowest BCUT2D eigenvalue weighted by atomic mass is 9.97. The van der Waals surface area contributed by atoms with Crippen LogP contribution in [0.15, 0.2) is 24.3 Å². The Kier molecular flexibility index (Phi) is 5.87. The van der Waals surface area contributed by atoms with Crippen LogP contribution >= 0.6 is 0 Å². The van der Waals surface area contributed by atoms with Gasteiger partial charge >= 0.3 is 0 Å². The Hall–Kier alpha value is -0.860. The van der Waals surface area contributed by atoms with Crippen LogP contribution in [0, 0.1) is 6.92 Å². The van der Waals surface area contributed by atoms with E-state index in [2.05, 4.69) is 43.6 Å². The van der Waals surface area contributed by atoms with Gasteiger partial charge in [-0.1, -0.05) is 29.8 Å². The first-order valence-corrected chi connectivity index (χ1v) is 7.62. The second kappa shape index (κ2) is 7.66. The summed E-state index contributed by atoms with van der Waals surface area (Å²) in [5.41, 5.74) is 2.78. The summed E-state index contributed by atoms with van der Waals surface area (Å²) in [7, 11) is 2.07. The molecule has 1 aromatic carbocycles. The van der Waals surface area contributed by atoms with Crippen molar-refractivity contribution in [2.75, 3.05) is 13.7 Å². The van der Waals surface area contributed by atoms with Crippen LogP contribution in [0.2, 0.25) is 0 Å². The van der Waals surface area contributed by atoms with Crippen LogP contribution in [0.25, 0.3) is 0 Å². The van der Waals surface area contributed by atoms with Gasteiger partial charge < -0.3 is 10.1 Å². The second-order valence-electron chi connectivity index (χ2n) is 5.74. The van der Waals surface area contributed by atoms with E-state index in [1.165, 1.54) is 43.2 Å². The molecule has 0 aliphatic carbocycles. The van der Waals surface area contributed by atoms with E-state index in [1.54, 1.807) is 0 Å². The zero-order valence-corrected chi connectivity index (χ0v) is 12.3. The highest BCUT2D eigenvalue weighted by atomic mass is 16.5. The maximum atomic E-state index is 5.81. The van der Waals surface area contributed by atoms with Crippen LogP contribution in [0.3, 0.4) is 0 Å². The molecule has 2 unspecified atom stereocenters. The lowest BCUT2D eigenvalue weighted by Crippen LogP contribution is -2.30. The molecule has 0 saturated carbocycles. The molecule has 0 bridgehead atoms. The van der Waals surface area contributed by atoms with Crippen LogP contribution in [-0.4, -0.2) is 25.8 Å². The highest BCUT2D eigenvalue weighted by molar-refractivity contribution is 5.22. The third-order valence-electron chi connectivity index (χ3n) is 4.08. The number of likely N-dealkylation sites (N-methyl/N-ethyl adjacent to an activating group) is 1. The fraction of sp³-hybridized carbons (Fsp3) is 0.647. The minimum absolute atomic E-state index is 0.502. The Bertz CT molecular complexity index is 371. The topological polar surface area (TPSA) is 21.3 Å². The number of hydrogen-bond donors (Lipinski definition) is 1. The van der Waals surface area contributed by atoms with E-state index < -0.39 is 0 Å². The fourth-order valence-electron chi connectivity index (χ4n) is 2.89. The van der Waals surface area contributed by atoms with Crippen molar-refractivity contribution in [3.63, 3.8) is 0 Å². The summed E-state index contributed by atoms with van der Waals surface area (Å²) in [4.78, 5) is 0. The normalized spacial score (nSPS) is 21.3. The molecule has 0 aromatic heterocycles. The number of rotatable bonds is 6. The van der Waals surface area contributed by atoms with E-state index in [9.17, 15) is 0 Å². The molecule has 0 radical (unpaired) electrons. The van der Waals surface area contributed by atoms with E-state index in [-0.39, 0.29) is 0 Å². The van der Waals surface area contributed by atoms with Crippen LogP contribution in [0.1, 0.15) is 43.2 Å². The highest BCUT2D eigenvalue weighted by Gasteiger charge is 2.16. The lowest BCUT2D eigenvalue weighted by Gasteiger charge is -2.25. The molecule has 1 fully saturated rings. The summed E-state index contributed by atoms with van der Waals surface area (Å²) in [6.07, 6.45) is 7.85. The van der Waals surface area contributed by atoms with Gasteiger partial charge in [-0.3, -0.25) is 0 Å². The average Bonchev–Trinajstić information content (AvgIpc) is 2.44. The molecule has 1 N–H and O–H groups in total. The molecule has 2 rings (SSSR count). The van der Waals surface area contributed by atoms with E-state index in [1.807, 2.05) is 0 Å². The van der Waals surface area contributed by atoms with Crippen LogP contribution < -0.4 is 5.32 Å². The number of hydrogen-bond acceptors (Lipinski definition) is 2. The molecule has 1 saturated heterocycles. The molecule has 2 heteroatoms. The zero-order valence-electron chi connectivity index (χ0n) is 12.3. The summed E-state index contributed by atoms with van der Waals surface area (Å²) in [6, 6.07) is 9.40. The Balaban J connectivity index is 1.79. The Morgan fingerprint density at radius 1 is 1.37 bits per heavy atom. The Morgan fingerprint density at radius 2 is 2.26 bits per heavy atom. The number of ether oxygens (including phenoxy) is 1. The van der Waals surface area contributed by atoms with Gasteiger partial charge in [0.2, 0.25) is 0 Å². The Morgan fingerprint density at radius 3 is 2.95 bits per heavy atom. The average molecular weight is 261 g/mol. The van der Waals surface area contributed by atoms with Crippen molar-refractivity contribution in [2.24, 2.45) is 0 Å². The van der Waals surface area contributed by atoms with Crippen molar-refractivity contribution in [1.82, 2.24) is 5.32 Å². The predicted octanol–water partition coefficient (Wildman–Crippen LogP) is 3.47. The number of benzene rings is 1. The van der Waals surface area contributed by atoms with Crippen molar-refractivity contribution < 1.29 is 4.74 Å². The molecule has 19 heavy (non-hydrogen) atoms. The first-order valence-electron chi connectivity index (χ1n) is 7.62. The molecule has 2 atom stereocenters. The van der Waals surface area contributed by atoms with Crippen LogP contribution in [0.4, 0.5) is 0 Å². The van der Waals surface area contributed by atoms with Gasteiger partial charge in [-0.05, 0) is 58.1 Å². The predicted molar refractivity (Wildman–Crippen MR) is 80.6 cm³/mol.